The third-order valence-corrected chi connectivity index (χ3v) is 2.99. The minimum atomic E-state index is -0.650. The molecule has 0 saturated heterocycles. The van der Waals surface area contributed by atoms with Gasteiger partial charge in [-0.05, 0) is 24.3 Å². The van der Waals surface area contributed by atoms with E-state index in [0.717, 1.165) is 0 Å². The van der Waals surface area contributed by atoms with Gasteiger partial charge in [0.05, 0.1) is 13.2 Å². The fourth-order valence-electron chi connectivity index (χ4n) is 2.01. The predicted molar refractivity (Wildman–Crippen MR) is 74.8 cm³/mol. The molecule has 2 rings (SSSR count). The summed E-state index contributed by atoms with van der Waals surface area (Å²) in [5.41, 5.74) is 6.26. The Morgan fingerprint density at radius 2 is 1.80 bits per heavy atom. The number of hydrogen-bond donors (Lipinski definition) is 2. The van der Waals surface area contributed by atoms with Gasteiger partial charge in [0.15, 0.2) is 0 Å². The topological polar surface area (TPSA) is 47.3 Å². The number of nitrogens with two attached hydrogens (primary N) is 1. The second kappa shape index (κ2) is 6.34. The van der Waals surface area contributed by atoms with Gasteiger partial charge in [-0.15, -0.1) is 0 Å². The van der Waals surface area contributed by atoms with Gasteiger partial charge in [0, 0.05) is 23.9 Å². The van der Waals surface area contributed by atoms with Crippen LogP contribution in [0.2, 0.25) is 0 Å². The number of anilines is 1. The van der Waals surface area contributed by atoms with Crippen molar-refractivity contribution in [2.45, 2.75) is 6.04 Å². The zero-order valence-corrected chi connectivity index (χ0v) is 11.1. The van der Waals surface area contributed by atoms with Gasteiger partial charge in [0.1, 0.15) is 17.4 Å². The Morgan fingerprint density at radius 3 is 2.40 bits per heavy atom. The summed E-state index contributed by atoms with van der Waals surface area (Å²) >= 11 is 0. The molecule has 3 nitrogen and oxygen atoms in total. The number of ether oxygens (including phenoxy) is 1. The van der Waals surface area contributed by atoms with Crippen molar-refractivity contribution in [2.24, 2.45) is 5.73 Å². The van der Waals surface area contributed by atoms with Crippen molar-refractivity contribution >= 4 is 5.69 Å². The van der Waals surface area contributed by atoms with Gasteiger partial charge in [0.2, 0.25) is 0 Å². The Balaban J connectivity index is 2.29. The molecule has 1 unspecified atom stereocenters. The fraction of sp³-hybridized carbons (Fsp3) is 0.200. The second-order valence-electron chi connectivity index (χ2n) is 4.30. The van der Waals surface area contributed by atoms with E-state index in [1.165, 1.54) is 18.2 Å². The molecule has 0 spiro atoms. The maximum Gasteiger partial charge on any atom is 0.131 e. The van der Waals surface area contributed by atoms with E-state index in [1.54, 1.807) is 31.4 Å². The molecule has 0 bridgehead atoms. The van der Waals surface area contributed by atoms with E-state index >= 15 is 0 Å². The van der Waals surface area contributed by atoms with E-state index in [-0.39, 0.29) is 12.1 Å². The normalized spacial score (nSPS) is 12.0. The number of methoxy groups -OCH3 is 1. The van der Waals surface area contributed by atoms with Crippen molar-refractivity contribution in [3.05, 3.63) is 59.7 Å². The first-order chi connectivity index (χ1) is 9.65. The van der Waals surface area contributed by atoms with Crippen LogP contribution in [0.4, 0.5) is 14.5 Å². The van der Waals surface area contributed by atoms with Crippen LogP contribution >= 0.6 is 0 Å². The van der Waals surface area contributed by atoms with Gasteiger partial charge in [-0.3, -0.25) is 0 Å². The molecule has 2 aromatic rings. The molecule has 3 N–H and O–H groups in total. The quantitative estimate of drug-likeness (QED) is 0.883. The predicted octanol–water partition coefficient (Wildman–Crippen LogP) is 3.09. The van der Waals surface area contributed by atoms with E-state index in [9.17, 15) is 8.78 Å². The van der Waals surface area contributed by atoms with Gasteiger partial charge in [-0.25, -0.2) is 8.78 Å². The average Bonchev–Trinajstić information content (AvgIpc) is 2.46. The van der Waals surface area contributed by atoms with Crippen molar-refractivity contribution < 1.29 is 13.5 Å². The Hall–Kier alpha value is -2.14. The minimum absolute atomic E-state index is 0.0576. The van der Waals surface area contributed by atoms with Crippen molar-refractivity contribution in [3.8, 4) is 5.75 Å². The SMILES string of the molecule is COc1cccc(NC(CN)c2c(F)cccc2F)c1. The lowest BCUT2D eigenvalue weighted by Gasteiger charge is -2.20. The summed E-state index contributed by atoms with van der Waals surface area (Å²) in [6, 6.07) is 10.2. The summed E-state index contributed by atoms with van der Waals surface area (Å²) < 4.78 is 32.7. The highest BCUT2D eigenvalue weighted by molar-refractivity contribution is 5.50. The molecular formula is C15H16F2N2O. The Kier molecular flexibility index (Phi) is 4.53. The first kappa shape index (κ1) is 14.3. The van der Waals surface area contributed by atoms with Gasteiger partial charge in [-0.1, -0.05) is 12.1 Å². The average molecular weight is 278 g/mol. The molecule has 0 aromatic heterocycles. The molecule has 0 heterocycles. The number of hydrogen-bond acceptors (Lipinski definition) is 3. The van der Waals surface area contributed by atoms with Crippen LogP contribution in [0.25, 0.3) is 0 Å². The maximum absolute atomic E-state index is 13.8. The molecule has 106 valence electrons. The van der Waals surface area contributed by atoms with Crippen molar-refractivity contribution in [2.75, 3.05) is 19.0 Å². The molecule has 1 atom stereocenters. The van der Waals surface area contributed by atoms with Crippen LogP contribution in [0.15, 0.2) is 42.5 Å². The van der Waals surface area contributed by atoms with E-state index in [4.69, 9.17) is 10.5 Å². The van der Waals surface area contributed by atoms with Crippen molar-refractivity contribution in [1.82, 2.24) is 0 Å². The smallest absolute Gasteiger partial charge is 0.131 e. The van der Waals surface area contributed by atoms with Crippen LogP contribution < -0.4 is 15.8 Å². The third kappa shape index (κ3) is 3.05. The molecule has 0 fully saturated rings. The van der Waals surface area contributed by atoms with Crippen molar-refractivity contribution in [3.63, 3.8) is 0 Å². The molecule has 0 saturated carbocycles. The number of nitrogens with one attached hydrogen (secondary N) is 1. The van der Waals surface area contributed by atoms with Crippen LogP contribution in [0, 0.1) is 11.6 Å². The van der Waals surface area contributed by atoms with Gasteiger partial charge >= 0.3 is 0 Å². The summed E-state index contributed by atoms with van der Waals surface area (Å²) in [5.74, 6) is -0.577. The maximum atomic E-state index is 13.8. The molecular weight excluding hydrogens is 262 g/mol. The number of benzene rings is 2. The fourth-order valence-corrected chi connectivity index (χ4v) is 2.01. The monoisotopic (exact) mass is 278 g/mol. The van der Waals surface area contributed by atoms with Gasteiger partial charge in [-0.2, -0.15) is 0 Å². The molecule has 20 heavy (non-hydrogen) atoms. The van der Waals surface area contributed by atoms with E-state index < -0.39 is 17.7 Å². The summed E-state index contributed by atoms with van der Waals surface area (Å²) in [6.07, 6.45) is 0. The zero-order valence-electron chi connectivity index (χ0n) is 11.1. The Bertz CT molecular complexity index is 570. The third-order valence-electron chi connectivity index (χ3n) is 2.99. The van der Waals surface area contributed by atoms with Crippen LogP contribution in [-0.2, 0) is 0 Å². The van der Waals surface area contributed by atoms with Gasteiger partial charge < -0.3 is 15.8 Å². The standard InChI is InChI=1S/C15H16F2N2O/c1-20-11-5-2-4-10(8-11)19-14(9-18)15-12(16)6-3-7-13(15)17/h2-8,14,19H,9,18H2,1H3. The van der Waals surface area contributed by atoms with E-state index in [2.05, 4.69) is 5.32 Å². The van der Waals surface area contributed by atoms with E-state index in [0.29, 0.717) is 11.4 Å². The largest absolute Gasteiger partial charge is 0.497 e. The number of halogens is 2. The molecule has 0 radical (unpaired) electrons. The molecule has 0 aliphatic carbocycles. The Labute approximate surface area is 116 Å². The summed E-state index contributed by atoms with van der Waals surface area (Å²) in [4.78, 5) is 0. The minimum Gasteiger partial charge on any atom is -0.497 e. The molecule has 0 amide bonds. The van der Waals surface area contributed by atoms with Crippen molar-refractivity contribution in [1.29, 1.82) is 0 Å². The van der Waals surface area contributed by atoms with Crippen LogP contribution in [0.3, 0.4) is 0 Å². The molecule has 2 aromatic carbocycles. The molecule has 5 heteroatoms. The summed E-state index contributed by atoms with van der Waals surface area (Å²) in [7, 11) is 1.55. The highest BCUT2D eigenvalue weighted by atomic mass is 19.1. The highest BCUT2D eigenvalue weighted by Gasteiger charge is 2.18. The first-order valence-corrected chi connectivity index (χ1v) is 6.20. The van der Waals surface area contributed by atoms with Crippen LogP contribution in [0.5, 0.6) is 5.75 Å². The van der Waals surface area contributed by atoms with E-state index in [1.807, 2.05) is 0 Å². The summed E-state index contributed by atoms with van der Waals surface area (Å²) in [5, 5.41) is 3.02. The van der Waals surface area contributed by atoms with Gasteiger partial charge in [0.25, 0.3) is 0 Å². The highest BCUT2D eigenvalue weighted by Crippen LogP contribution is 2.25. The molecule has 0 aliphatic heterocycles. The lowest BCUT2D eigenvalue weighted by molar-refractivity contribution is 0.415. The first-order valence-electron chi connectivity index (χ1n) is 6.20. The second-order valence-corrected chi connectivity index (χ2v) is 4.30. The lowest BCUT2D eigenvalue weighted by Crippen LogP contribution is -2.23. The molecule has 0 aliphatic rings. The zero-order chi connectivity index (χ0) is 14.5. The van der Waals surface area contributed by atoms with Crippen LogP contribution in [0.1, 0.15) is 11.6 Å². The number of rotatable bonds is 5. The summed E-state index contributed by atoms with van der Waals surface area (Å²) in [6.45, 7) is 0.0645. The lowest BCUT2D eigenvalue weighted by atomic mass is 10.0. The Morgan fingerprint density at radius 1 is 1.15 bits per heavy atom. The van der Waals surface area contributed by atoms with Crippen LogP contribution in [-0.4, -0.2) is 13.7 Å².